The fourth-order valence-corrected chi connectivity index (χ4v) is 4.36. The summed E-state index contributed by atoms with van der Waals surface area (Å²) in [7, 11) is 3.15. The monoisotopic (exact) mass is 430 g/mol. The number of hydrogen-bond acceptors (Lipinski definition) is 5. The smallest absolute Gasteiger partial charge is 0.332 e. The minimum Gasteiger partial charge on any atom is -0.368 e. The van der Waals surface area contributed by atoms with E-state index in [2.05, 4.69) is 20.9 Å². The summed E-state index contributed by atoms with van der Waals surface area (Å²) in [4.78, 5) is 33.6. The predicted molar refractivity (Wildman–Crippen MR) is 120 cm³/mol. The fraction of sp³-hybridized carbons (Fsp3) is 0.476. The summed E-state index contributed by atoms with van der Waals surface area (Å²) in [5.41, 5.74) is 1.41. The lowest BCUT2D eigenvalue weighted by atomic mass is 10.2. The number of rotatable bonds is 6. The molecule has 3 aromatic rings. The number of anilines is 1. The molecule has 0 radical (unpaired) electrons. The molecule has 1 fully saturated rings. The van der Waals surface area contributed by atoms with Gasteiger partial charge in [-0.15, -0.1) is 0 Å². The van der Waals surface area contributed by atoms with Gasteiger partial charge in [-0.3, -0.25) is 18.8 Å². The maximum atomic E-state index is 12.5. The molecule has 0 bridgehead atoms. The molecule has 0 atom stereocenters. The normalized spacial score (nSPS) is 15.2. The molecule has 4 rings (SSSR count). The molecule has 1 aromatic carbocycles. The zero-order valence-corrected chi connectivity index (χ0v) is 18.2. The molecule has 8 nitrogen and oxygen atoms in total. The quantitative estimate of drug-likeness (QED) is 0.557. The Morgan fingerprint density at radius 1 is 0.967 bits per heavy atom. The van der Waals surface area contributed by atoms with E-state index in [-0.39, 0.29) is 11.2 Å². The average molecular weight is 431 g/mol. The van der Waals surface area contributed by atoms with Crippen LogP contribution in [0.15, 0.2) is 40.2 Å². The Morgan fingerprint density at radius 3 is 2.40 bits per heavy atom. The molecule has 1 saturated heterocycles. The van der Waals surface area contributed by atoms with Gasteiger partial charge >= 0.3 is 5.69 Å². The Labute approximate surface area is 179 Å². The van der Waals surface area contributed by atoms with Crippen molar-refractivity contribution in [2.45, 2.75) is 19.4 Å². The molecule has 0 spiro atoms. The third-order valence-electron chi connectivity index (χ3n) is 5.91. The maximum Gasteiger partial charge on any atom is 0.332 e. The van der Waals surface area contributed by atoms with Crippen LogP contribution in [0.4, 0.5) is 5.69 Å². The first-order valence-electron chi connectivity index (χ1n) is 10.3. The molecular weight excluding hydrogens is 404 g/mol. The second-order valence-corrected chi connectivity index (χ2v) is 8.21. The number of benzene rings is 1. The Morgan fingerprint density at radius 2 is 1.67 bits per heavy atom. The number of unbranched alkanes of at least 4 members (excludes halogenated alkanes) is 1. The van der Waals surface area contributed by atoms with Crippen LogP contribution in [-0.2, 0) is 20.6 Å². The highest BCUT2D eigenvalue weighted by Crippen LogP contribution is 2.26. The number of nitrogens with zero attached hydrogens (tertiary/aromatic N) is 6. The van der Waals surface area contributed by atoms with E-state index in [0.29, 0.717) is 17.7 Å². The van der Waals surface area contributed by atoms with E-state index in [9.17, 15) is 9.59 Å². The second kappa shape index (κ2) is 8.65. The van der Waals surface area contributed by atoms with Gasteiger partial charge in [0.2, 0.25) is 0 Å². The van der Waals surface area contributed by atoms with Gasteiger partial charge in [0.1, 0.15) is 0 Å². The van der Waals surface area contributed by atoms with Crippen LogP contribution in [0.25, 0.3) is 11.2 Å². The van der Waals surface area contributed by atoms with Crippen LogP contribution in [0.5, 0.6) is 0 Å². The lowest BCUT2D eigenvalue weighted by molar-refractivity contribution is 0.251. The van der Waals surface area contributed by atoms with Gasteiger partial charge in [-0.05, 0) is 31.5 Å². The molecule has 0 amide bonds. The minimum atomic E-state index is -0.353. The number of piperazine rings is 1. The van der Waals surface area contributed by atoms with Gasteiger partial charge in [0.15, 0.2) is 11.2 Å². The van der Waals surface area contributed by atoms with Crippen molar-refractivity contribution in [1.29, 1.82) is 0 Å². The lowest BCUT2D eigenvalue weighted by Gasteiger charge is -2.36. The number of hydrogen-bond donors (Lipinski definition) is 0. The Bertz CT molecular complexity index is 1160. The zero-order chi connectivity index (χ0) is 21.3. The molecule has 160 valence electrons. The lowest BCUT2D eigenvalue weighted by Crippen LogP contribution is -2.46. The Balaban J connectivity index is 1.30. The number of fused-ring (bicyclic) bond motifs is 1. The highest BCUT2D eigenvalue weighted by atomic mass is 35.5. The van der Waals surface area contributed by atoms with Crippen LogP contribution in [0, 0.1) is 0 Å². The predicted octanol–water partition coefficient (Wildman–Crippen LogP) is 1.69. The van der Waals surface area contributed by atoms with Crippen molar-refractivity contribution in [3.8, 4) is 0 Å². The van der Waals surface area contributed by atoms with E-state index in [4.69, 9.17) is 11.6 Å². The molecule has 2 aromatic heterocycles. The number of aryl methyl sites for hydroxylation is 2. The third-order valence-corrected chi connectivity index (χ3v) is 6.23. The summed E-state index contributed by atoms with van der Waals surface area (Å²) in [6, 6.07) is 8.00. The molecule has 1 aliphatic heterocycles. The molecule has 3 heterocycles. The van der Waals surface area contributed by atoms with Crippen molar-refractivity contribution in [2.75, 3.05) is 37.6 Å². The Kier molecular flexibility index (Phi) is 5.97. The molecule has 0 saturated carbocycles. The first-order valence-corrected chi connectivity index (χ1v) is 10.7. The zero-order valence-electron chi connectivity index (χ0n) is 17.4. The van der Waals surface area contributed by atoms with E-state index in [1.165, 1.54) is 11.6 Å². The minimum absolute atomic E-state index is 0.290. The van der Waals surface area contributed by atoms with Crippen molar-refractivity contribution in [3.63, 3.8) is 0 Å². The van der Waals surface area contributed by atoms with Gasteiger partial charge in [0, 0.05) is 46.8 Å². The molecule has 1 aliphatic rings. The molecule has 0 aliphatic carbocycles. The van der Waals surface area contributed by atoms with E-state index in [0.717, 1.165) is 60.8 Å². The van der Waals surface area contributed by atoms with Crippen molar-refractivity contribution in [3.05, 3.63) is 56.5 Å². The van der Waals surface area contributed by atoms with E-state index >= 15 is 0 Å². The molecule has 0 unspecified atom stereocenters. The van der Waals surface area contributed by atoms with Gasteiger partial charge in [-0.25, -0.2) is 9.78 Å². The molecule has 0 N–H and O–H groups in total. The second-order valence-electron chi connectivity index (χ2n) is 7.80. The highest BCUT2D eigenvalue weighted by Gasteiger charge is 2.18. The summed E-state index contributed by atoms with van der Waals surface area (Å²) in [6.45, 7) is 5.71. The summed E-state index contributed by atoms with van der Waals surface area (Å²) in [5.74, 6) is 0. The van der Waals surface area contributed by atoms with Gasteiger partial charge in [0.25, 0.3) is 5.56 Å². The van der Waals surface area contributed by atoms with Crippen LogP contribution in [0.3, 0.4) is 0 Å². The number of imidazole rings is 1. The standard InChI is InChI=1S/C21H27ClN6O2/c1-24-19-18(20(29)25(2)21(24)30)28(15-23-19)10-6-5-9-26-11-13-27(14-12-26)17-8-4-3-7-16(17)22/h3-4,7-8,15H,5-6,9-14H2,1-2H3. The van der Waals surface area contributed by atoms with Gasteiger partial charge < -0.3 is 9.47 Å². The highest BCUT2D eigenvalue weighted by molar-refractivity contribution is 6.33. The van der Waals surface area contributed by atoms with Crippen molar-refractivity contribution in [2.24, 2.45) is 14.1 Å². The van der Waals surface area contributed by atoms with Crippen molar-refractivity contribution in [1.82, 2.24) is 23.6 Å². The van der Waals surface area contributed by atoms with Crippen LogP contribution in [0.2, 0.25) is 5.02 Å². The summed E-state index contributed by atoms with van der Waals surface area (Å²) < 4.78 is 4.43. The summed E-state index contributed by atoms with van der Waals surface area (Å²) in [6.07, 6.45) is 3.65. The van der Waals surface area contributed by atoms with E-state index in [1.807, 2.05) is 22.8 Å². The average Bonchev–Trinajstić information content (AvgIpc) is 3.19. The Hall–Kier alpha value is -2.58. The first-order chi connectivity index (χ1) is 14.5. The van der Waals surface area contributed by atoms with E-state index in [1.54, 1.807) is 13.4 Å². The fourth-order valence-electron chi connectivity index (χ4n) is 4.10. The number of halogens is 1. The van der Waals surface area contributed by atoms with Crippen LogP contribution in [-0.4, -0.2) is 56.3 Å². The first kappa shape index (κ1) is 20.7. The maximum absolute atomic E-state index is 12.5. The van der Waals surface area contributed by atoms with Crippen LogP contribution >= 0.6 is 11.6 Å². The van der Waals surface area contributed by atoms with Crippen molar-refractivity contribution >= 4 is 28.5 Å². The summed E-state index contributed by atoms with van der Waals surface area (Å²) >= 11 is 6.32. The molecular formula is C21H27ClN6O2. The van der Waals surface area contributed by atoms with Crippen LogP contribution in [0.1, 0.15) is 12.8 Å². The topological polar surface area (TPSA) is 68.3 Å². The third kappa shape index (κ3) is 3.89. The largest absolute Gasteiger partial charge is 0.368 e. The number of aromatic nitrogens is 4. The van der Waals surface area contributed by atoms with Gasteiger partial charge in [0.05, 0.1) is 17.0 Å². The van der Waals surface area contributed by atoms with Gasteiger partial charge in [-0.2, -0.15) is 0 Å². The molecule has 30 heavy (non-hydrogen) atoms. The number of para-hydroxylation sites is 1. The van der Waals surface area contributed by atoms with Crippen molar-refractivity contribution < 1.29 is 0 Å². The van der Waals surface area contributed by atoms with Gasteiger partial charge in [-0.1, -0.05) is 23.7 Å². The molecule has 9 heteroatoms. The SMILES string of the molecule is Cn1c(=O)c2c(ncn2CCCCN2CCN(c3ccccc3Cl)CC2)n(C)c1=O. The van der Waals surface area contributed by atoms with Crippen LogP contribution < -0.4 is 16.1 Å². The van der Waals surface area contributed by atoms with E-state index < -0.39 is 0 Å². The summed E-state index contributed by atoms with van der Waals surface area (Å²) in [5, 5.41) is 0.808.